The fraction of sp³-hybridized carbons (Fsp3) is 0.111. The van der Waals surface area contributed by atoms with Crippen molar-refractivity contribution in [2.45, 2.75) is 0 Å². The van der Waals surface area contributed by atoms with Crippen molar-refractivity contribution in [2.24, 2.45) is 0 Å². The molecule has 52 valence electrons. The standard InChI is InChI=1S/C9H11P/c10-8-4-7-9-5-2-1-3-6-9/h1-7H,8,10H2/b7-4+. The van der Waals surface area contributed by atoms with Gasteiger partial charge in [0, 0.05) is 0 Å². The van der Waals surface area contributed by atoms with Gasteiger partial charge in [-0.3, -0.25) is 0 Å². The quantitative estimate of drug-likeness (QED) is 0.568. The molecule has 0 aliphatic carbocycles. The molecule has 0 saturated carbocycles. The molecule has 0 aliphatic rings. The Morgan fingerprint density at radius 2 is 1.90 bits per heavy atom. The van der Waals surface area contributed by atoms with Gasteiger partial charge in [-0.2, -0.15) is 0 Å². The van der Waals surface area contributed by atoms with E-state index in [0.29, 0.717) is 0 Å². The van der Waals surface area contributed by atoms with Gasteiger partial charge < -0.3 is 0 Å². The van der Waals surface area contributed by atoms with Gasteiger partial charge in [0.15, 0.2) is 0 Å². The normalized spacial score (nSPS) is 10.5. The van der Waals surface area contributed by atoms with Crippen LogP contribution in [0.2, 0.25) is 0 Å². The molecule has 0 nitrogen and oxygen atoms in total. The van der Waals surface area contributed by atoms with E-state index in [4.69, 9.17) is 0 Å². The SMILES string of the molecule is PC/C=C/c1ccccc1. The van der Waals surface area contributed by atoms with Crippen LogP contribution in [-0.2, 0) is 0 Å². The molecule has 1 rings (SSSR count). The molecule has 0 amide bonds. The second kappa shape index (κ2) is 4.24. The highest BCUT2D eigenvalue weighted by Crippen LogP contribution is 2.00. The average molecular weight is 150 g/mol. The zero-order valence-corrected chi connectivity index (χ0v) is 6.98. The Kier molecular flexibility index (Phi) is 3.18. The molecule has 1 aromatic carbocycles. The first kappa shape index (κ1) is 7.50. The van der Waals surface area contributed by atoms with Crippen molar-refractivity contribution < 1.29 is 0 Å². The summed E-state index contributed by atoms with van der Waals surface area (Å²) in [4.78, 5) is 0. The van der Waals surface area contributed by atoms with Gasteiger partial charge in [-0.25, -0.2) is 0 Å². The maximum Gasteiger partial charge on any atom is -0.0197 e. The third-order valence-electron chi connectivity index (χ3n) is 1.25. The fourth-order valence-electron chi connectivity index (χ4n) is 0.768. The highest BCUT2D eigenvalue weighted by Gasteiger charge is 1.79. The minimum Gasteiger partial charge on any atom is -0.134 e. The van der Waals surface area contributed by atoms with Gasteiger partial charge in [0.05, 0.1) is 0 Å². The van der Waals surface area contributed by atoms with Crippen molar-refractivity contribution in [3.05, 3.63) is 42.0 Å². The van der Waals surface area contributed by atoms with Crippen LogP contribution in [0.4, 0.5) is 0 Å². The summed E-state index contributed by atoms with van der Waals surface area (Å²) in [5.41, 5.74) is 1.27. The number of hydrogen-bond donors (Lipinski definition) is 0. The lowest BCUT2D eigenvalue weighted by Gasteiger charge is -1.88. The molecule has 0 spiro atoms. The lowest BCUT2D eigenvalue weighted by atomic mass is 10.2. The number of allylic oxidation sites excluding steroid dienone is 1. The van der Waals surface area contributed by atoms with Crippen LogP contribution in [0.3, 0.4) is 0 Å². The highest BCUT2D eigenvalue weighted by atomic mass is 31.0. The maximum atomic E-state index is 2.66. The smallest absolute Gasteiger partial charge is 0.0197 e. The van der Waals surface area contributed by atoms with E-state index in [1.54, 1.807) is 0 Å². The molecule has 0 aliphatic heterocycles. The summed E-state index contributed by atoms with van der Waals surface area (Å²) in [6.07, 6.45) is 5.27. The lowest BCUT2D eigenvalue weighted by molar-refractivity contribution is 1.65. The van der Waals surface area contributed by atoms with Crippen LogP contribution in [0.5, 0.6) is 0 Å². The fourth-order valence-corrected chi connectivity index (χ4v) is 0.904. The van der Waals surface area contributed by atoms with E-state index < -0.39 is 0 Å². The van der Waals surface area contributed by atoms with Crippen molar-refractivity contribution in [3.8, 4) is 0 Å². The van der Waals surface area contributed by atoms with Crippen LogP contribution in [0.25, 0.3) is 6.08 Å². The van der Waals surface area contributed by atoms with Crippen molar-refractivity contribution in [2.75, 3.05) is 6.16 Å². The van der Waals surface area contributed by atoms with E-state index in [1.807, 2.05) is 18.2 Å². The first-order valence-corrected chi connectivity index (χ1v) is 4.17. The van der Waals surface area contributed by atoms with E-state index in [1.165, 1.54) is 5.56 Å². The van der Waals surface area contributed by atoms with Crippen LogP contribution in [0.15, 0.2) is 36.4 Å². The Morgan fingerprint density at radius 1 is 1.20 bits per heavy atom. The van der Waals surface area contributed by atoms with Crippen LogP contribution in [-0.4, -0.2) is 6.16 Å². The topological polar surface area (TPSA) is 0 Å². The summed E-state index contributed by atoms with van der Waals surface area (Å²) in [7, 11) is 2.66. The predicted molar refractivity (Wildman–Crippen MR) is 50.1 cm³/mol. The van der Waals surface area contributed by atoms with E-state index >= 15 is 0 Å². The van der Waals surface area contributed by atoms with Gasteiger partial charge >= 0.3 is 0 Å². The number of hydrogen-bond acceptors (Lipinski definition) is 0. The van der Waals surface area contributed by atoms with Crippen molar-refractivity contribution in [1.29, 1.82) is 0 Å². The van der Waals surface area contributed by atoms with E-state index in [0.717, 1.165) is 6.16 Å². The van der Waals surface area contributed by atoms with Gasteiger partial charge in [0.1, 0.15) is 0 Å². The molecular weight excluding hydrogens is 139 g/mol. The summed E-state index contributed by atoms with van der Waals surface area (Å²) in [5, 5.41) is 0. The minimum atomic E-state index is 1.02. The molecule has 0 saturated heterocycles. The van der Waals surface area contributed by atoms with Gasteiger partial charge in [0.25, 0.3) is 0 Å². The molecule has 0 heterocycles. The highest BCUT2D eigenvalue weighted by molar-refractivity contribution is 7.16. The zero-order chi connectivity index (χ0) is 7.23. The molecule has 1 atom stereocenters. The van der Waals surface area contributed by atoms with Crippen LogP contribution in [0, 0.1) is 0 Å². The molecule has 1 heteroatoms. The second-order valence-electron chi connectivity index (χ2n) is 2.05. The van der Waals surface area contributed by atoms with E-state index in [2.05, 4.69) is 33.5 Å². The third-order valence-corrected chi connectivity index (χ3v) is 1.52. The Hall–Kier alpha value is -0.610. The van der Waals surface area contributed by atoms with Gasteiger partial charge in [-0.05, 0) is 11.7 Å². The average Bonchev–Trinajstić information content (AvgIpc) is 2.03. The molecule has 0 N–H and O–H groups in total. The third kappa shape index (κ3) is 2.33. The van der Waals surface area contributed by atoms with Crippen LogP contribution >= 0.6 is 9.24 Å². The number of benzene rings is 1. The summed E-state index contributed by atoms with van der Waals surface area (Å²) in [5.74, 6) is 0. The molecule has 1 aromatic rings. The van der Waals surface area contributed by atoms with Gasteiger partial charge in [-0.1, -0.05) is 42.5 Å². The van der Waals surface area contributed by atoms with E-state index in [9.17, 15) is 0 Å². The van der Waals surface area contributed by atoms with Crippen molar-refractivity contribution >= 4 is 15.3 Å². The lowest BCUT2D eigenvalue weighted by Crippen LogP contribution is -1.67. The Morgan fingerprint density at radius 3 is 2.50 bits per heavy atom. The predicted octanol–water partition coefficient (Wildman–Crippen LogP) is 2.57. The van der Waals surface area contributed by atoms with Crippen molar-refractivity contribution in [3.63, 3.8) is 0 Å². The summed E-state index contributed by atoms with van der Waals surface area (Å²) in [6.45, 7) is 0. The first-order valence-electron chi connectivity index (χ1n) is 3.35. The Bertz CT molecular complexity index is 201. The Balaban J connectivity index is 2.67. The molecule has 0 aromatic heterocycles. The monoisotopic (exact) mass is 150 g/mol. The molecule has 10 heavy (non-hydrogen) atoms. The second-order valence-corrected chi connectivity index (χ2v) is 2.52. The largest absolute Gasteiger partial charge is 0.134 e. The molecule has 0 fully saturated rings. The Labute approximate surface area is 64.2 Å². The summed E-state index contributed by atoms with van der Waals surface area (Å²) in [6, 6.07) is 10.3. The van der Waals surface area contributed by atoms with Crippen molar-refractivity contribution in [1.82, 2.24) is 0 Å². The molecule has 1 unspecified atom stereocenters. The minimum absolute atomic E-state index is 1.02. The summed E-state index contributed by atoms with van der Waals surface area (Å²) < 4.78 is 0. The van der Waals surface area contributed by atoms with Crippen LogP contribution in [0.1, 0.15) is 5.56 Å². The maximum absolute atomic E-state index is 2.66. The molecule has 0 radical (unpaired) electrons. The van der Waals surface area contributed by atoms with E-state index in [-0.39, 0.29) is 0 Å². The number of rotatable bonds is 2. The van der Waals surface area contributed by atoms with Crippen LogP contribution < -0.4 is 0 Å². The molecular formula is C9H11P. The van der Waals surface area contributed by atoms with Gasteiger partial charge in [0.2, 0.25) is 0 Å². The van der Waals surface area contributed by atoms with Gasteiger partial charge in [-0.15, -0.1) is 9.24 Å². The first-order chi connectivity index (χ1) is 4.93. The summed E-state index contributed by atoms with van der Waals surface area (Å²) >= 11 is 0. The molecule has 0 bridgehead atoms. The zero-order valence-electron chi connectivity index (χ0n) is 5.83.